The Morgan fingerprint density at radius 1 is 0.857 bits per heavy atom. The summed E-state index contributed by atoms with van der Waals surface area (Å²) in [6.07, 6.45) is 0. The van der Waals surface area contributed by atoms with Crippen molar-refractivity contribution in [1.29, 1.82) is 0 Å². The van der Waals surface area contributed by atoms with Crippen molar-refractivity contribution in [3.05, 3.63) is 64.6 Å². The van der Waals surface area contributed by atoms with Crippen LogP contribution in [0.15, 0.2) is 63.5 Å². The summed E-state index contributed by atoms with van der Waals surface area (Å²) in [5.41, 5.74) is 3.50. The molecule has 2 aromatic carbocycles. The fraction of sp³-hybridized carbons (Fsp3) is 0.211. The van der Waals surface area contributed by atoms with E-state index in [9.17, 15) is 0 Å². The fourth-order valence-electron chi connectivity index (χ4n) is 2.35. The summed E-state index contributed by atoms with van der Waals surface area (Å²) in [5.74, 6) is 0.894. The minimum Gasteiger partial charge on any atom is -0.207 e. The fourth-order valence-corrected chi connectivity index (χ4v) is 2.73. The van der Waals surface area contributed by atoms with Gasteiger partial charge in [0.15, 0.2) is 0 Å². The topological polar surface area (TPSA) is 11.3 Å². The third kappa shape index (κ3) is 3.01. The van der Waals surface area contributed by atoms with Crippen LogP contribution in [0.2, 0.25) is 0 Å². The van der Waals surface area contributed by atoms with Crippen molar-refractivity contribution in [2.24, 2.45) is 0 Å². The molecule has 1 heterocycles. The summed E-state index contributed by atoms with van der Waals surface area (Å²) < 4.78 is 7.07. The van der Waals surface area contributed by atoms with Crippen LogP contribution < -0.4 is 0 Å². The second-order valence-corrected chi connectivity index (χ2v) is 7.22. The molecule has 0 unspecified atom stereocenters. The Hall–Kier alpha value is -1.67. The number of halogens is 1. The molecule has 0 N–H and O–H groups in total. The molecule has 0 aliphatic heterocycles. The van der Waals surface area contributed by atoms with E-state index >= 15 is 0 Å². The van der Waals surface area contributed by atoms with Crippen LogP contribution in [0.5, 0.6) is 0 Å². The monoisotopic (exact) mass is 341 g/mol. The maximum atomic E-state index is 6.01. The zero-order valence-electron chi connectivity index (χ0n) is 12.5. The van der Waals surface area contributed by atoms with Crippen LogP contribution in [0.4, 0.5) is 0 Å². The average Bonchev–Trinajstić information content (AvgIpc) is 2.46. The van der Waals surface area contributed by atoms with E-state index in [2.05, 4.69) is 73.1 Å². The number of rotatable bonds is 1. The highest BCUT2D eigenvalue weighted by atomic mass is 79.9. The predicted molar refractivity (Wildman–Crippen MR) is 92.5 cm³/mol. The van der Waals surface area contributed by atoms with Gasteiger partial charge in [0.25, 0.3) is 0 Å². The summed E-state index contributed by atoms with van der Waals surface area (Å²) in [7, 11) is 0. The highest BCUT2D eigenvalue weighted by Gasteiger charge is 2.17. The molecule has 0 saturated heterocycles. The Morgan fingerprint density at radius 3 is 2.24 bits per heavy atom. The Bertz CT molecular complexity index is 783. The Labute approximate surface area is 133 Å². The molecular formula is C19H18BrO+. The molecule has 106 valence electrons. The maximum absolute atomic E-state index is 6.01. The Kier molecular flexibility index (Phi) is 3.58. The van der Waals surface area contributed by atoms with Crippen molar-refractivity contribution in [1.82, 2.24) is 0 Å². The standard InChI is InChI=1S/C19H18BrO/c1-19(2,3)15-7-4-13(5-8-15)17-10-6-14-12-16(20)9-11-18(14)21-17/h4-12H,1-3H3/q+1. The van der Waals surface area contributed by atoms with Crippen LogP contribution in [0, 0.1) is 0 Å². The number of fused-ring (bicyclic) bond motifs is 1. The molecule has 0 aliphatic carbocycles. The zero-order valence-corrected chi connectivity index (χ0v) is 14.1. The lowest BCUT2D eigenvalue weighted by atomic mass is 9.86. The van der Waals surface area contributed by atoms with E-state index in [0.717, 1.165) is 26.8 Å². The van der Waals surface area contributed by atoms with Gasteiger partial charge in [0.2, 0.25) is 0 Å². The van der Waals surface area contributed by atoms with E-state index in [0.29, 0.717) is 0 Å². The molecule has 0 radical (unpaired) electrons. The molecule has 3 aromatic rings. The van der Waals surface area contributed by atoms with Crippen molar-refractivity contribution >= 4 is 26.9 Å². The lowest BCUT2D eigenvalue weighted by molar-refractivity contribution is 0.589. The first-order valence-corrected chi connectivity index (χ1v) is 7.86. The highest BCUT2D eigenvalue weighted by Crippen LogP contribution is 2.29. The quantitative estimate of drug-likeness (QED) is 0.463. The van der Waals surface area contributed by atoms with Gasteiger partial charge in [-0.3, -0.25) is 0 Å². The molecule has 0 saturated carbocycles. The molecule has 0 bridgehead atoms. The summed E-state index contributed by atoms with van der Waals surface area (Å²) in [4.78, 5) is 0. The van der Waals surface area contributed by atoms with Crippen LogP contribution in [-0.2, 0) is 5.41 Å². The average molecular weight is 342 g/mol. The maximum Gasteiger partial charge on any atom is 0.360 e. The van der Waals surface area contributed by atoms with Crippen molar-refractivity contribution in [2.75, 3.05) is 0 Å². The molecule has 1 aromatic heterocycles. The minimum absolute atomic E-state index is 0.172. The van der Waals surface area contributed by atoms with Crippen LogP contribution >= 0.6 is 15.9 Å². The van der Waals surface area contributed by atoms with Crippen molar-refractivity contribution in [3.63, 3.8) is 0 Å². The molecule has 21 heavy (non-hydrogen) atoms. The molecule has 0 amide bonds. The van der Waals surface area contributed by atoms with Crippen LogP contribution in [-0.4, -0.2) is 0 Å². The van der Waals surface area contributed by atoms with Gasteiger partial charge in [-0.15, -0.1) is 0 Å². The summed E-state index contributed by atoms with van der Waals surface area (Å²) in [6.45, 7) is 6.67. The van der Waals surface area contributed by atoms with Gasteiger partial charge >= 0.3 is 11.3 Å². The first kappa shape index (κ1) is 14.3. The van der Waals surface area contributed by atoms with E-state index in [-0.39, 0.29) is 5.41 Å². The lowest BCUT2D eigenvalue weighted by Gasteiger charge is -2.18. The second-order valence-electron chi connectivity index (χ2n) is 6.31. The molecular weight excluding hydrogens is 324 g/mol. The minimum atomic E-state index is 0.172. The first-order chi connectivity index (χ1) is 9.93. The van der Waals surface area contributed by atoms with Gasteiger partial charge in [-0.25, -0.2) is 4.42 Å². The van der Waals surface area contributed by atoms with Crippen LogP contribution in [0.25, 0.3) is 22.3 Å². The summed E-state index contributed by atoms with van der Waals surface area (Å²) in [5, 5.41) is 1.10. The second kappa shape index (κ2) is 5.27. The largest absolute Gasteiger partial charge is 0.360 e. The highest BCUT2D eigenvalue weighted by molar-refractivity contribution is 9.10. The first-order valence-electron chi connectivity index (χ1n) is 7.07. The van der Waals surface area contributed by atoms with Gasteiger partial charge < -0.3 is 0 Å². The third-order valence-electron chi connectivity index (χ3n) is 3.64. The van der Waals surface area contributed by atoms with E-state index in [1.807, 2.05) is 18.2 Å². The smallest absolute Gasteiger partial charge is 0.207 e. The summed E-state index contributed by atoms with van der Waals surface area (Å²) in [6, 6.07) is 18.8. The Morgan fingerprint density at radius 2 is 1.57 bits per heavy atom. The predicted octanol–water partition coefficient (Wildman–Crippen LogP) is 6.44. The van der Waals surface area contributed by atoms with Crippen molar-refractivity contribution < 1.29 is 4.42 Å². The number of hydrogen-bond donors (Lipinski definition) is 0. The van der Waals surface area contributed by atoms with E-state index < -0.39 is 0 Å². The lowest BCUT2D eigenvalue weighted by Crippen LogP contribution is -2.10. The molecule has 0 atom stereocenters. The van der Waals surface area contributed by atoms with Gasteiger partial charge in [0.05, 0.1) is 10.9 Å². The van der Waals surface area contributed by atoms with Gasteiger partial charge in [-0.05, 0) is 41.3 Å². The van der Waals surface area contributed by atoms with E-state index in [1.54, 1.807) is 0 Å². The molecule has 3 rings (SSSR count). The Balaban J connectivity index is 2.02. The van der Waals surface area contributed by atoms with Gasteiger partial charge in [-0.1, -0.05) is 48.8 Å². The molecule has 0 spiro atoms. The number of hydrogen-bond acceptors (Lipinski definition) is 0. The van der Waals surface area contributed by atoms with Crippen LogP contribution in [0.3, 0.4) is 0 Å². The third-order valence-corrected chi connectivity index (χ3v) is 4.13. The van der Waals surface area contributed by atoms with Crippen LogP contribution in [0.1, 0.15) is 26.3 Å². The normalized spacial score (nSPS) is 11.8. The SMILES string of the molecule is CC(C)(C)c1ccc(-c2ccc3cc(Br)ccc3[o+]2)cc1. The van der Waals surface area contributed by atoms with Gasteiger partial charge in [0.1, 0.15) is 0 Å². The summed E-state index contributed by atoms with van der Waals surface area (Å²) >= 11 is 3.48. The zero-order chi connectivity index (χ0) is 15.0. The molecule has 0 fully saturated rings. The van der Waals surface area contributed by atoms with Crippen molar-refractivity contribution in [2.45, 2.75) is 26.2 Å². The van der Waals surface area contributed by atoms with Gasteiger partial charge in [-0.2, -0.15) is 0 Å². The van der Waals surface area contributed by atoms with E-state index in [4.69, 9.17) is 4.42 Å². The van der Waals surface area contributed by atoms with Gasteiger partial charge in [0, 0.05) is 16.6 Å². The van der Waals surface area contributed by atoms with E-state index in [1.165, 1.54) is 5.56 Å². The molecule has 2 heteroatoms. The molecule has 0 aliphatic rings. The van der Waals surface area contributed by atoms with Crippen molar-refractivity contribution in [3.8, 4) is 11.3 Å². The molecule has 1 nitrogen and oxygen atoms in total. The number of benzene rings is 2.